The minimum atomic E-state index is -0.380. The van der Waals surface area contributed by atoms with E-state index in [9.17, 15) is 8.78 Å². The molecular weight excluding hydrogens is 717 g/mol. The summed E-state index contributed by atoms with van der Waals surface area (Å²) in [5.74, 6) is 0. The van der Waals surface area contributed by atoms with Crippen molar-refractivity contribution in [2.45, 2.75) is 0 Å². The van der Waals surface area contributed by atoms with Crippen LogP contribution in [-0.4, -0.2) is 75.7 Å². The van der Waals surface area contributed by atoms with Crippen molar-refractivity contribution in [3.05, 3.63) is 165 Å². The van der Waals surface area contributed by atoms with Crippen LogP contribution in [-0.2, 0) is 0 Å². The summed E-state index contributed by atoms with van der Waals surface area (Å²) >= 11 is 0. The molecule has 0 aliphatic carbocycles. The van der Waals surface area contributed by atoms with Gasteiger partial charge in [-0.25, -0.2) is 23.7 Å². The predicted octanol–water partition coefficient (Wildman–Crippen LogP) is 9.86. The number of pyridine rings is 3. The van der Waals surface area contributed by atoms with Crippen molar-refractivity contribution in [2.24, 2.45) is 0 Å². The summed E-state index contributed by atoms with van der Waals surface area (Å²) in [6.07, 6.45) is 12.0. The Labute approximate surface area is 331 Å². The van der Waals surface area contributed by atoms with Gasteiger partial charge in [-0.2, -0.15) is 0 Å². The third-order valence-corrected chi connectivity index (χ3v) is 9.36. The molecule has 3 aromatic carbocycles. The third kappa shape index (κ3) is 9.45. The van der Waals surface area contributed by atoms with Gasteiger partial charge in [0.1, 0.15) is 30.3 Å². The molecule has 0 saturated heterocycles. The summed E-state index contributed by atoms with van der Waals surface area (Å²) in [7, 11) is 5.95. The highest BCUT2D eigenvalue weighted by atomic mass is 19.1. The van der Waals surface area contributed by atoms with Crippen LogP contribution in [0.25, 0.3) is 50.7 Å². The molecule has 11 heteroatoms. The van der Waals surface area contributed by atoms with E-state index in [0.717, 1.165) is 67.8 Å². The number of hydrogen-bond acceptors (Lipinski definition) is 6. The van der Waals surface area contributed by atoms with E-state index in [4.69, 9.17) is 0 Å². The normalized spacial score (nSPS) is 10.8. The lowest BCUT2D eigenvalue weighted by atomic mass is 10.2. The van der Waals surface area contributed by atoms with Crippen molar-refractivity contribution in [2.75, 3.05) is 62.7 Å². The average molecular weight is 762 g/mol. The Morgan fingerprint density at radius 3 is 1.37 bits per heavy atom. The zero-order valence-electron chi connectivity index (χ0n) is 32.3. The first kappa shape index (κ1) is 38.3. The Kier molecular flexibility index (Phi) is 12.1. The van der Waals surface area contributed by atoms with Gasteiger partial charge < -0.3 is 28.3 Å². The van der Waals surface area contributed by atoms with Crippen LogP contribution in [0, 0.1) is 0 Å². The lowest BCUT2D eigenvalue weighted by Crippen LogP contribution is -2.19. The number of nitrogens with zero attached hydrogens (tertiary/aromatic N) is 8. The van der Waals surface area contributed by atoms with Gasteiger partial charge in [-0.1, -0.05) is 91.0 Å². The summed E-state index contributed by atoms with van der Waals surface area (Å²) in [4.78, 5) is 17.8. The van der Waals surface area contributed by atoms with Crippen LogP contribution in [0.1, 0.15) is 0 Å². The number of nitrogens with one attached hydrogen (secondary N) is 1. The Hall–Kier alpha value is -7.01. The zero-order chi connectivity index (χ0) is 39.6. The molecule has 6 aromatic heterocycles. The van der Waals surface area contributed by atoms with Crippen molar-refractivity contribution in [3.8, 4) is 33.8 Å². The Morgan fingerprint density at radius 1 is 0.509 bits per heavy atom. The maximum Gasteiger partial charge on any atom is 0.139 e. The molecule has 0 bridgehead atoms. The third-order valence-electron chi connectivity index (χ3n) is 9.36. The predicted molar refractivity (Wildman–Crippen MR) is 230 cm³/mol. The highest BCUT2D eigenvalue weighted by Crippen LogP contribution is 2.24. The van der Waals surface area contributed by atoms with Crippen molar-refractivity contribution < 1.29 is 8.78 Å². The number of rotatable bonds is 10. The van der Waals surface area contributed by atoms with Gasteiger partial charge >= 0.3 is 0 Å². The lowest BCUT2D eigenvalue weighted by Gasteiger charge is -2.17. The van der Waals surface area contributed by atoms with E-state index in [1.165, 1.54) is 0 Å². The van der Waals surface area contributed by atoms with Gasteiger partial charge in [0.25, 0.3) is 0 Å². The summed E-state index contributed by atoms with van der Waals surface area (Å²) < 4.78 is 30.5. The minimum Gasteiger partial charge on any atom is -0.382 e. The number of fused-ring (bicyclic) bond motifs is 3. The van der Waals surface area contributed by atoms with Gasteiger partial charge in [0, 0.05) is 123 Å². The van der Waals surface area contributed by atoms with Gasteiger partial charge in [0.15, 0.2) is 0 Å². The fourth-order valence-electron chi connectivity index (χ4n) is 6.24. The topological polar surface area (TPSA) is 70.4 Å². The minimum absolute atomic E-state index is 0.322. The molecule has 0 aliphatic heterocycles. The van der Waals surface area contributed by atoms with Gasteiger partial charge in [-0.3, -0.25) is 0 Å². The number of aromatic nitrogens is 6. The molecule has 9 aromatic rings. The molecule has 1 N–H and O–H groups in total. The number of anilines is 3. The summed E-state index contributed by atoms with van der Waals surface area (Å²) in [6.45, 7) is -0.0227. The summed E-state index contributed by atoms with van der Waals surface area (Å²) in [5.41, 5.74) is 11.9. The number of imidazole rings is 3. The van der Waals surface area contributed by atoms with Crippen LogP contribution in [0.15, 0.2) is 165 Å². The van der Waals surface area contributed by atoms with E-state index < -0.39 is 0 Å². The second-order valence-corrected chi connectivity index (χ2v) is 13.6. The molecule has 9 nitrogen and oxygen atoms in total. The number of hydrogen-bond donors (Lipinski definition) is 1. The zero-order valence-corrected chi connectivity index (χ0v) is 32.3. The smallest absolute Gasteiger partial charge is 0.139 e. The van der Waals surface area contributed by atoms with E-state index >= 15 is 0 Å². The molecular formula is C46H45F2N9. The largest absolute Gasteiger partial charge is 0.382 e. The summed E-state index contributed by atoms with van der Waals surface area (Å²) in [6, 6.07) is 42.3. The van der Waals surface area contributed by atoms with Gasteiger partial charge in [-0.05, 0) is 18.2 Å². The molecule has 0 amide bonds. The molecule has 0 atom stereocenters. The highest BCUT2D eigenvalue weighted by Gasteiger charge is 2.08. The van der Waals surface area contributed by atoms with Crippen LogP contribution < -0.4 is 15.1 Å². The molecule has 288 valence electrons. The maximum absolute atomic E-state index is 12.4. The Balaban J connectivity index is 0.000000131. The van der Waals surface area contributed by atoms with E-state index in [-0.39, 0.29) is 13.3 Å². The molecule has 9 rings (SSSR count). The van der Waals surface area contributed by atoms with Gasteiger partial charge in [0.2, 0.25) is 0 Å². The second kappa shape index (κ2) is 18.1. The number of halogens is 2. The molecule has 57 heavy (non-hydrogen) atoms. The summed E-state index contributed by atoms with van der Waals surface area (Å²) in [5, 5.41) is 3.01. The van der Waals surface area contributed by atoms with Crippen LogP contribution in [0.4, 0.5) is 25.8 Å². The monoisotopic (exact) mass is 761 g/mol. The Morgan fingerprint density at radius 2 is 0.930 bits per heavy atom. The molecule has 0 radical (unpaired) electrons. The van der Waals surface area contributed by atoms with Crippen molar-refractivity contribution in [3.63, 3.8) is 0 Å². The van der Waals surface area contributed by atoms with Crippen LogP contribution >= 0.6 is 0 Å². The Bertz CT molecular complexity index is 2640. The molecule has 6 heterocycles. The van der Waals surface area contributed by atoms with Crippen LogP contribution in [0.3, 0.4) is 0 Å². The first-order valence-electron chi connectivity index (χ1n) is 18.8. The molecule has 0 spiro atoms. The lowest BCUT2D eigenvalue weighted by molar-refractivity contribution is 0.497. The second-order valence-electron chi connectivity index (χ2n) is 13.6. The molecule has 0 saturated carbocycles. The maximum atomic E-state index is 12.4. The molecule has 0 unspecified atom stereocenters. The molecule has 0 aliphatic rings. The van der Waals surface area contributed by atoms with Gasteiger partial charge in [0.05, 0.1) is 17.1 Å². The van der Waals surface area contributed by atoms with E-state index in [1.807, 2.05) is 169 Å². The highest BCUT2D eigenvalue weighted by molar-refractivity contribution is 5.67. The van der Waals surface area contributed by atoms with E-state index in [0.29, 0.717) is 13.1 Å². The molecule has 0 fully saturated rings. The van der Waals surface area contributed by atoms with Crippen molar-refractivity contribution >= 4 is 34.0 Å². The van der Waals surface area contributed by atoms with Crippen molar-refractivity contribution in [1.29, 1.82) is 0 Å². The van der Waals surface area contributed by atoms with Crippen LogP contribution in [0.2, 0.25) is 0 Å². The quantitative estimate of drug-likeness (QED) is 0.150. The first-order valence-corrected chi connectivity index (χ1v) is 18.8. The van der Waals surface area contributed by atoms with Gasteiger partial charge in [-0.15, -0.1) is 0 Å². The average Bonchev–Trinajstić information content (AvgIpc) is 4.01. The van der Waals surface area contributed by atoms with Crippen LogP contribution in [0.5, 0.6) is 0 Å². The van der Waals surface area contributed by atoms with E-state index in [2.05, 4.69) is 60.0 Å². The standard InChI is InChI=1S/C16H16FN3.C15H14FN3.C15H15N3/c1-19(10-8-17)14-7-9-20-12-15(18-16(20)11-14)13-5-3-2-4-6-13;16-7-8-17-13-6-9-19-11-14(18-15(19)10-13)12-4-2-1-3-5-12;1-17(2)13-8-9-18-11-14(16-15(18)10-13)12-6-4-3-5-7-12/h2-7,9,11-12H,8,10H2,1H3;1-6,9-11,17H,7-8H2;3-11H,1-2H3. The fraction of sp³-hybridized carbons (Fsp3) is 0.152. The van der Waals surface area contributed by atoms with E-state index in [1.54, 1.807) is 0 Å². The van der Waals surface area contributed by atoms with Crippen molar-refractivity contribution in [1.82, 2.24) is 28.2 Å². The number of alkyl halides is 2. The first-order chi connectivity index (χ1) is 27.9. The number of benzene rings is 3. The fourth-order valence-corrected chi connectivity index (χ4v) is 6.24. The SMILES string of the molecule is CN(C)c1ccn2cc(-c3ccccc3)nc2c1.CN(CCF)c1ccn2cc(-c3ccccc3)nc2c1.FCCNc1ccn2cc(-c3ccccc3)nc2c1.